The number of hydrogen-bond acceptors (Lipinski definition) is 5. The average molecular weight is 477 g/mol. The van der Waals surface area contributed by atoms with Gasteiger partial charge in [-0.3, -0.25) is 9.59 Å². The number of aryl methyl sites for hydroxylation is 1. The predicted molar refractivity (Wildman–Crippen MR) is 138 cm³/mol. The molecule has 0 atom stereocenters. The molecular weight excluding hydrogens is 428 g/mol. The van der Waals surface area contributed by atoms with Crippen molar-refractivity contribution in [2.75, 3.05) is 13.7 Å². The molecule has 0 amide bonds. The van der Waals surface area contributed by atoms with Crippen molar-refractivity contribution >= 4 is 11.9 Å². The summed E-state index contributed by atoms with van der Waals surface area (Å²) in [6, 6.07) is 5.38. The topological polar surface area (TPSA) is 61.8 Å². The molecule has 194 valence electrons. The summed E-state index contributed by atoms with van der Waals surface area (Å²) in [5, 5.41) is 0. The van der Waals surface area contributed by atoms with E-state index < -0.39 is 17.4 Å². The Bertz CT molecular complexity index is 708. The molecule has 0 aliphatic heterocycles. The van der Waals surface area contributed by atoms with E-state index in [9.17, 15) is 9.59 Å². The van der Waals surface area contributed by atoms with Crippen LogP contribution in [-0.2, 0) is 14.3 Å². The number of ether oxygens (including phenoxy) is 3. The maximum absolute atomic E-state index is 13.1. The summed E-state index contributed by atoms with van der Waals surface area (Å²) in [7, 11) is 1.53. The predicted octanol–water partition coefficient (Wildman–Crippen LogP) is 7.96. The lowest BCUT2D eigenvalue weighted by Crippen LogP contribution is -2.42. The minimum absolute atomic E-state index is 0.326. The van der Waals surface area contributed by atoms with Crippen LogP contribution in [0.25, 0.3) is 0 Å². The van der Waals surface area contributed by atoms with Gasteiger partial charge in [0.05, 0.1) is 13.7 Å². The Hall–Kier alpha value is -2.04. The number of carbonyl (C=O) groups is 2. The SMILES string of the molecule is CCCCCCCCCCCCCCOC(=O)C(CC)(CC)C(=O)Oc1cc(C)ccc1OC. The fraction of sp³-hybridized carbons (Fsp3) is 0.724. The molecule has 0 bridgehead atoms. The molecule has 0 heterocycles. The number of unbranched alkanes of at least 4 members (excludes halogenated alkanes) is 11. The van der Waals surface area contributed by atoms with Crippen molar-refractivity contribution in [1.29, 1.82) is 0 Å². The third-order valence-corrected chi connectivity index (χ3v) is 6.74. The highest BCUT2D eigenvalue weighted by Crippen LogP contribution is 2.34. The summed E-state index contributed by atoms with van der Waals surface area (Å²) >= 11 is 0. The van der Waals surface area contributed by atoms with Crippen LogP contribution < -0.4 is 9.47 Å². The van der Waals surface area contributed by atoms with Gasteiger partial charge in [0.1, 0.15) is 0 Å². The Morgan fingerprint density at radius 1 is 0.735 bits per heavy atom. The fourth-order valence-electron chi connectivity index (χ4n) is 4.22. The zero-order valence-electron chi connectivity index (χ0n) is 22.4. The van der Waals surface area contributed by atoms with Gasteiger partial charge in [0, 0.05) is 0 Å². The maximum atomic E-state index is 13.1. The molecule has 5 heteroatoms. The lowest BCUT2D eigenvalue weighted by Gasteiger charge is -2.27. The summed E-state index contributed by atoms with van der Waals surface area (Å²) in [4.78, 5) is 26.0. The fourth-order valence-corrected chi connectivity index (χ4v) is 4.22. The summed E-state index contributed by atoms with van der Waals surface area (Å²) in [5.41, 5.74) is -0.358. The Labute approximate surface area is 207 Å². The van der Waals surface area contributed by atoms with E-state index in [1.807, 2.05) is 26.8 Å². The Morgan fingerprint density at radius 3 is 1.76 bits per heavy atom. The molecule has 0 saturated carbocycles. The molecular formula is C29H48O5. The number of hydrogen-bond donors (Lipinski definition) is 0. The van der Waals surface area contributed by atoms with Crippen LogP contribution >= 0.6 is 0 Å². The molecule has 5 nitrogen and oxygen atoms in total. The van der Waals surface area contributed by atoms with Gasteiger partial charge < -0.3 is 14.2 Å². The van der Waals surface area contributed by atoms with Crippen LogP contribution in [-0.4, -0.2) is 25.7 Å². The number of carbonyl (C=O) groups excluding carboxylic acids is 2. The van der Waals surface area contributed by atoms with E-state index in [-0.39, 0.29) is 0 Å². The van der Waals surface area contributed by atoms with E-state index in [4.69, 9.17) is 14.2 Å². The molecule has 0 N–H and O–H groups in total. The van der Waals surface area contributed by atoms with Crippen LogP contribution in [0.4, 0.5) is 0 Å². The van der Waals surface area contributed by atoms with Gasteiger partial charge in [-0.25, -0.2) is 0 Å². The first-order chi connectivity index (χ1) is 16.4. The Morgan fingerprint density at radius 2 is 1.26 bits per heavy atom. The van der Waals surface area contributed by atoms with Crippen LogP contribution in [0.1, 0.15) is 116 Å². The third-order valence-electron chi connectivity index (χ3n) is 6.74. The van der Waals surface area contributed by atoms with Crippen LogP contribution in [0.15, 0.2) is 18.2 Å². The van der Waals surface area contributed by atoms with E-state index in [1.165, 1.54) is 64.9 Å². The van der Waals surface area contributed by atoms with Gasteiger partial charge >= 0.3 is 11.9 Å². The van der Waals surface area contributed by atoms with Gasteiger partial charge in [-0.05, 0) is 43.9 Å². The molecule has 1 rings (SSSR count). The largest absolute Gasteiger partial charge is 0.493 e. The quantitative estimate of drug-likeness (QED) is 0.0877. The zero-order chi connectivity index (χ0) is 25.2. The number of esters is 2. The van der Waals surface area contributed by atoms with Crippen molar-refractivity contribution < 1.29 is 23.8 Å². The second kappa shape index (κ2) is 17.4. The van der Waals surface area contributed by atoms with E-state index in [2.05, 4.69) is 6.92 Å². The maximum Gasteiger partial charge on any atom is 0.328 e. The van der Waals surface area contributed by atoms with Crippen molar-refractivity contribution in [2.45, 2.75) is 118 Å². The van der Waals surface area contributed by atoms with E-state index in [0.717, 1.165) is 24.8 Å². The minimum Gasteiger partial charge on any atom is -0.493 e. The highest BCUT2D eigenvalue weighted by molar-refractivity contribution is 6.00. The van der Waals surface area contributed by atoms with Gasteiger partial charge in [0.15, 0.2) is 16.9 Å². The molecule has 0 radical (unpaired) electrons. The summed E-state index contributed by atoms with van der Waals surface area (Å²) in [5.74, 6) is -0.282. The molecule has 0 aliphatic rings. The van der Waals surface area contributed by atoms with E-state index in [1.54, 1.807) is 12.1 Å². The van der Waals surface area contributed by atoms with Crippen LogP contribution in [0.5, 0.6) is 11.5 Å². The minimum atomic E-state index is -1.30. The second-order valence-corrected chi connectivity index (χ2v) is 9.36. The molecule has 0 unspecified atom stereocenters. The number of methoxy groups -OCH3 is 1. The number of rotatable bonds is 19. The van der Waals surface area contributed by atoms with Gasteiger partial charge in [-0.1, -0.05) is 97.5 Å². The van der Waals surface area contributed by atoms with E-state index in [0.29, 0.717) is 30.9 Å². The highest BCUT2D eigenvalue weighted by Gasteiger charge is 2.46. The lowest BCUT2D eigenvalue weighted by atomic mass is 9.82. The molecule has 34 heavy (non-hydrogen) atoms. The van der Waals surface area contributed by atoms with Gasteiger partial charge in [-0.2, -0.15) is 0 Å². The summed E-state index contributed by atoms with van der Waals surface area (Å²) in [6.45, 7) is 8.15. The molecule has 1 aromatic rings. The zero-order valence-corrected chi connectivity index (χ0v) is 22.4. The molecule has 0 saturated heterocycles. The Balaban J connectivity index is 2.38. The van der Waals surface area contributed by atoms with Gasteiger partial charge in [0.25, 0.3) is 0 Å². The van der Waals surface area contributed by atoms with Gasteiger partial charge in [0.2, 0.25) is 0 Å². The van der Waals surface area contributed by atoms with Crippen LogP contribution in [0, 0.1) is 12.3 Å². The summed E-state index contributed by atoms with van der Waals surface area (Å²) in [6.07, 6.45) is 15.7. The summed E-state index contributed by atoms with van der Waals surface area (Å²) < 4.78 is 16.5. The molecule has 0 spiro atoms. The Kier molecular flexibility index (Phi) is 15.4. The molecule has 0 aromatic heterocycles. The molecule has 1 aromatic carbocycles. The van der Waals surface area contributed by atoms with Crippen LogP contribution in [0.3, 0.4) is 0 Å². The number of benzene rings is 1. The lowest BCUT2D eigenvalue weighted by molar-refractivity contribution is -0.168. The van der Waals surface area contributed by atoms with Crippen molar-refractivity contribution in [3.8, 4) is 11.5 Å². The van der Waals surface area contributed by atoms with Crippen molar-refractivity contribution in [3.05, 3.63) is 23.8 Å². The smallest absolute Gasteiger partial charge is 0.328 e. The molecule has 0 fully saturated rings. The first-order valence-corrected chi connectivity index (χ1v) is 13.5. The second-order valence-electron chi connectivity index (χ2n) is 9.36. The molecule has 0 aliphatic carbocycles. The van der Waals surface area contributed by atoms with Crippen LogP contribution in [0.2, 0.25) is 0 Å². The first-order valence-electron chi connectivity index (χ1n) is 13.5. The standard InChI is InChI=1S/C29H48O5/c1-6-9-10-11-12-13-14-15-16-17-18-19-22-33-27(30)29(7-2,8-3)28(31)34-26-23-24(4)20-21-25(26)32-5/h20-21,23H,6-19,22H2,1-5H3. The normalized spacial score (nSPS) is 11.3. The first kappa shape index (κ1) is 30.0. The third kappa shape index (κ3) is 10.1. The van der Waals surface area contributed by atoms with Crippen molar-refractivity contribution in [1.82, 2.24) is 0 Å². The van der Waals surface area contributed by atoms with Crippen molar-refractivity contribution in [2.24, 2.45) is 5.41 Å². The average Bonchev–Trinajstić information content (AvgIpc) is 2.83. The highest BCUT2D eigenvalue weighted by atomic mass is 16.6. The monoisotopic (exact) mass is 476 g/mol. The van der Waals surface area contributed by atoms with Crippen molar-refractivity contribution in [3.63, 3.8) is 0 Å². The van der Waals surface area contributed by atoms with E-state index >= 15 is 0 Å². The van der Waals surface area contributed by atoms with Gasteiger partial charge in [-0.15, -0.1) is 0 Å².